The Balaban J connectivity index is 2.15. The van der Waals surface area contributed by atoms with Crippen molar-refractivity contribution in [3.63, 3.8) is 0 Å². The average Bonchev–Trinajstić information content (AvgIpc) is 2.39. The highest BCUT2D eigenvalue weighted by Crippen LogP contribution is 2.24. The van der Waals surface area contributed by atoms with Crippen LogP contribution in [0.5, 0.6) is 0 Å². The van der Waals surface area contributed by atoms with Crippen LogP contribution in [0.2, 0.25) is 0 Å². The molecule has 1 rings (SSSR count). The van der Waals surface area contributed by atoms with E-state index in [9.17, 15) is 4.79 Å². The molecular formula is C17H34N2O4. The highest BCUT2D eigenvalue weighted by Gasteiger charge is 2.30. The van der Waals surface area contributed by atoms with Crippen molar-refractivity contribution in [3.8, 4) is 0 Å². The number of hydrogen-bond donors (Lipinski definition) is 2. The number of amides is 1. The molecule has 0 spiro atoms. The summed E-state index contributed by atoms with van der Waals surface area (Å²) in [5.74, 6) is 0. The molecule has 136 valence electrons. The van der Waals surface area contributed by atoms with Crippen molar-refractivity contribution in [3.05, 3.63) is 0 Å². The molecule has 6 heteroatoms. The molecule has 0 heterocycles. The largest absolute Gasteiger partial charge is 0.444 e. The molecule has 0 radical (unpaired) electrons. The standard InChI is InChI=1S/C17H34N2O4/c1-6-22-15-10-14(11-15)19-13(12-21-5)8-7-9-18-16(20)23-17(2,3)4/h13-15,19H,6-12H2,1-5H3,(H,18,20). The Morgan fingerprint density at radius 1 is 1.30 bits per heavy atom. The van der Waals surface area contributed by atoms with Crippen molar-refractivity contribution in [2.75, 3.05) is 26.9 Å². The van der Waals surface area contributed by atoms with E-state index in [1.165, 1.54) is 0 Å². The first-order valence-electron chi connectivity index (χ1n) is 8.67. The number of methoxy groups -OCH3 is 1. The summed E-state index contributed by atoms with van der Waals surface area (Å²) in [6, 6.07) is 0.832. The van der Waals surface area contributed by atoms with Crippen LogP contribution in [0.15, 0.2) is 0 Å². The fourth-order valence-corrected chi connectivity index (χ4v) is 2.68. The summed E-state index contributed by atoms with van der Waals surface area (Å²) in [4.78, 5) is 11.6. The van der Waals surface area contributed by atoms with E-state index in [4.69, 9.17) is 14.2 Å². The second-order valence-corrected chi connectivity index (χ2v) is 7.14. The minimum absolute atomic E-state index is 0.313. The van der Waals surface area contributed by atoms with Crippen LogP contribution in [-0.4, -0.2) is 56.8 Å². The third kappa shape index (κ3) is 9.13. The zero-order valence-corrected chi connectivity index (χ0v) is 15.3. The monoisotopic (exact) mass is 330 g/mol. The quantitative estimate of drug-likeness (QED) is 0.602. The van der Waals surface area contributed by atoms with E-state index in [-0.39, 0.29) is 6.09 Å². The maximum Gasteiger partial charge on any atom is 0.407 e. The van der Waals surface area contributed by atoms with Crippen LogP contribution in [0, 0.1) is 0 Å². The lowest BCUT2D eigenvalue weighted by atomic mass is 9.88. The molecule has 0 saturated heterocycles. The first-order valence-corrected chi connectivity index (χ1v) is 8.67. The fourth-order valence-electron chi connectivity index (χ4n) is 2.68. The first-order chi connectivity index (χ1) is 10.8. The Hall–Kier alpha value is -0.850. The van der Waals surface area contributed by atoms with Crippen LogP contribution in [-0.2, 0) is 14.2 Å². The number of hydrogen-bond acceptors (Lipinski definition) is 5. The summed E-state index contributed by atoms with van der Waals surface area (Å²) in [6.07, 6.45) is 4.05. The van der Waals surface area contributed by atoms with Gasteiger partial charge >= 0.3 is 6.09 Å². The Morgan fingerprint density at radius 2 is 2.00 bits per heavy atom. The summed E-state index contributed by atoms with van der Waals surface area (Å²) in [5.41, 5.74) is -0.453. The van der Waals surface area contributed by atoms with E-state index in [1.807, 2.05) is 27.7 Å². The van der Waals surface area contributed by atoms with E-state index in [1.54, 1.807) is 7.11 Å². The summed E-state index contributed by atoms with van der Waals surface area (Å²) >= 11 is 0. The molecule has 0 aliphatic heterocycles. The zero-order valence-electron chi connectivity index (χ0n) is 15.3. The zero-order chi connectivity index (χ0) is 17.3. The molecule has 23 heavy (non-hydrogen) atoms. The van der Waals surface area contributed by atoms with Gasteiger partial charge in [0, 0.05) is 32.3 Å². The summed E-state index contributed by atoms with van der Waals surface area (Å²) in [5, 5.41) is 6.41. The molecular weight excluding hydrogens is 296 g/mol. The Labute approximate surface area is 140 Å². The predicted octanol–water partition coefficient (Wildman–Crippen LogP) is 2.46. The Bertz CT molecular complexity index is 338. The fraction of sp³-hybridized carbons (Fsp3) is 0.941. The smallest absolute Gasteiger partial charge is 0.407 e. The number of carbonyl (C=O) groups is 1. The van der Waals surface area contributed by atoms with Crippen molar-refractivity contribution in [2.24, 2.45) is 0 Å². The number of ether oxygens (including phenoxy) is 3. The van der Waals surface area contributed by atoms with Crippen LogP contribution in [0.3, 0.4) is 0 Å². The topological polar surface area (TPSA) is 68.8 Å². The molecule has 0 aromatic heterocycles. The molecule has 1 fully saturated rings. The SMILES string of the molecule is CCOC1CC(NC(CCCNC(=O)OC(C)(C)C)COC)C1. The molecule has 0 bridgehead atoms. The number of alkyl carbamates (subject to hydrolysis) is 1. The minimum Gasteiger partial charge on any atom is -0.444 e. The van der Waals surface area contributed by atoms with Gasteiger partial charge in [-0.15, -0.1) is 0 Å². The van der Waals surface area contributed by atoms with Gasteiger partial charge in [0.05, 0.1) is 12.7 Å². The molecule has 0 aromatic carbocycles. The maximum absolute atomic E-state index is 11.6. The molecule has 0 aromatic rings. The van der Waals surface area contributed by atoms with Crippen LogP contribution < -0.4 is 10.6 Å². The Morgan fingerprint density at radius 3 is 2.57 bits per heavy atom. The van der Waals surface area contributed by atoms with Crippen LogP contribution in [0.25, 0.3) is 0 Å². The predicted molar refractivity (Wildman–Crippen MR) is 90.7 cm³/mol. The van der Waals surface area contributed by atoms with Gasteiger partial charge < -0.3 is 24.8 Å². The van der Waals surface area contributed by atoms with Gasteiger partial charge in [-0.1, -0.05) is 0 Å². The molecule has 1 aliphatic carbocycles. The molecule has 6 nitrogen and oxygen atoms in total. The van der Waals surface area contributed by atoms with Gasteiger partial charge in [-0.2, -0.15) is 0 Å². The lowest BCUT2D eigenvalue weighted by Gasteiger charge is -2.38. The van der Waals surface area contributed by atoms with Crippen molar-refractivity contribution in [1.29, 1.82) is 0 Å². The van der Waals surface area contributed by atoms with Gasteiger partial charge in [0.25, 0.3) is 0 Å². The van der Waals surface area contributed by atoms with E-state index < -0.39 is 5.60 Å². The van der Waals surface area contributed by atoms with Gasteiger partial charge in [-0.25, -0.2) is 4.79 Å². The molecule has 2 N–H and O–H groups in total. The van der Waals surface area contributed by atoms with E-state index in [0.29, 0.717) is 31.3 Å². The average molecular weight is 330 g/mol. The Kier molecular flexibility index (Phi) is 8.87. The van der Waals surface area contributed by atoms with Gasteiger partial charge in [-0.3, -0.25) is 0 Å². The maximum atomic E-state index is 11.6. The number of carbonyl (C=O) groups excluding carboxylic acids is 1. The molecule has 1 saturated carbocycles. The van der Waals surface area contributed by atoms with Gasteiger partial charge in [0.2, 0.25) is 0 Å². The van der Waals surface area contributed by atoms with Crippen LogP contribution in [0.1, 0.15) is 53.4 Å². The van der Waals surface area contributed by atoms with Crippen LogP contribution >= 0.6 is 0 Å². The van der Waals surface area contributed by atoms with E-state index in [0.717, 1.165) is 32.3 Å². The molecule has 1 atom stereocenters. The van der Waals surface area contributed by atoms with Gasteiger partial charge in [0.1, 0.15) is 5.60 Å². The van der Waals surface area contributed by atoms with E-state index >= 15 is 0 Å². The lowest BCUT2D eigenvalue weighted by molar-refractivity contribution is -0.0152. The summed E-state index contributed by atoms with van der Waals surface area (Å²) in [6.45, 7) is 9.70. The minimum atomic E-state index is -0.453. The normalized spacial score (nSPS) is 22.3. The second-order valence-electron chi connectivity index (χ2n) is 7.14. The second kappa shape index (κ2) is 10.1. The van der Waals surface area contributed by atoms with Crippen molar-refractivity contribution in [1.82, 2.24) is 10.6 Å². The first kappa shape index (κ1) is 20.2. The van der Waals surface area contributed by atoms with Gasteiger partial charge in [-0.05, 0) is 53.4 Å². The van der Waals surface area contributed by atoms with Gasteiger partial charge in [0.15, 0.2) is 0 Å². The highest BCUT2D eigenvalue weighted by molar-refractivity contribution is 5.67. The van der Waals surface area contributed by atoms with E-state index in [2.05, 4.69) is 10.6 Å². The molecule has 1 amide bonds. The molecule has 1 unspecified atom stereocenters. The summed E-state index contributed by atoms with van der Waals surface area (Å²) < 4.78 is 16.1. The summed E-state index contributed by atoms with van der Waals surface area (Å²) in [7, 11) is 1.72. The van der Waals surface area contributed by atoms with Crippen molar-refractivity contribution < 1.29 is 19.0 Å². The number of rotatable bonds is 10. The lowest BCUT2D eigenvalue weighted by Crippen LogP contribution is -2.50. The third-order valence-corrected chi connectivity index (χ3v) is 3.73. The third-order valence-electron chi connectivity index (χ3n) is 3.73. The van der Waals surface area contributed by atoms with Crippen molar-refractivity contribution >= 4 is 6.09 Å². The number of nitrogens with one attached hydrogen (secondary N) is 2. The van der Waals surface area contributed by atoms with Crippen molar-refractivity contribution in [2.45, 2.75) is 77.2 Å². The molecule has 1 aliphatic rings. The highest BCUT2D eigenvalue weighted by atomic mass is 16.6. The van der Waals surface area contributed by atoms with Crippen LogP contribution in [0.4, 0.5) is 4.79 Å².